The van der Waals surface area contributed by atoms with Crippen molar-refractivity contribution in [2.75, 3.05) is 26.2 Å². The van der Waals surface area contributed by atoms with E-state index in [0.29, 0.717) is 29.8 Å². The van der Waals surface area contributed by atoms with Crippen molar-refractivity contribution in [3.63, 3.8) is 0 Å². The van der Waals surface area contributed by atoms with Crippen LogP contribution in [0.4, 0.5) is 0 Å². The van der Waals surface area contributed by atoms with Crippen LogP contribution < -0.4 is 16.0 Å². The van der Waals surface area contributed by atoms with Gasteiger partial charge >= 0.3 is 0 Å². The second-order valence-electron chi connectivity index (χ2n) is 9.50. The topological polar surface area (TPSA) is 111 Å². The molecule has 1 atom stereocenters. The van der Waals surface area contributed by atoms with Crippen LogP contribution in [0.5, 0.6) is 0 Å². The van der Waals surface area contributed by atoms with Crippen LogP contribution in [0.15, 0.2) is 18.2 Å². The molecule has 0 aliphatic carbocycles. The van der Waals surface area contributed by atoms with Gasteiger partial charge < -0.3 is 15.5 Å². The molecular formula is C24H31N5O4. The lowest BCUT2D eigenvalue weighted by Crippen LogP contribution is -2.54. The summed E-state index contributed by atoms with van der Waals surface area (Å²) < 4.78 is 0. The number of fused-ring (bicyclic) bond motifs is 1. The van der Waals surface area contributed by atoms with E-state index in [4.69, 9.17) is 0 Å². The fourth-order valence-electron chi connectivity index (χ4n) is 5.53. The van der Waals surface area contributed by atoms with Gasteiger partial charge in [0.15, 0.2) is 0 Å². The zero-order valence-corrected chi connectivity index (χ0v) is 18.8. The van der Waals surface area contributed by atoms with Gasteiger partial charge in [-0.25, -0.2) is 0 Å². The molecule has 0 radical (unpaired) electrons. The zero-order chi connectivity index (χ0) is 22.9. The standard InChI is InChI=1S/C24H31N5O4/c30-21-4-3-20(22(31)27-21)29-23(32)18-2-1-15(13-19(18)24(29)33)14-26-16-7-11-28(12-8-16)17-5-9-25-10-6-17/h1-2,13,16-17,20,25-26H,3-12,14H2,(H,27,30,31). The molecule has 4 aliphatic heterocycles. The maximum atomic E-state index is 13.0. The number of amides is 4. The number of carbonyl (C=O) groups excluding carboxylic acids is 4. The molecule has 9 heteroatoms. The van der Waals surface area contributed by atoms with E-state index in [0.717, 1.165) is 49.5 Å². The maximum Gasteiger partial charge on any atom is 0.262 e. The zero-order valence-electron chi connectivity index (χ0n) is 18.8. The highest BCUT2D eigenvalue weighted by Crippen LogP contribution is 2.28. The molecule has 0 aromatic heterocycles. The number of imide groups is 2. The Bertz CT molecular complexity index is 966. The fraction of sp³-hybridized carbons (Fsp3) is 0.583. The van der Waals surface area contributed by atoms with Gasteiger partial charge in [0.05, 0.1) is 11.1 Å². The molecule has 1 aromatic carbocycles. The van der Waals surface area contributed by atoms with E-state index < -0.39 is 23.8 Å². The van der Waals surface area contributed by atoms with Crippen LogP contribution in [0.25, 0.3) is 0 Å². The average Bonchev–Trinajstić information content (AvgIpc) is 3.08. The number of piperidine rings is 3. The van der Waals surface area contributed by atoms with Gasteiger partial charge in [0, 0.05) is 25.0 Å². The predicted molar refractivity (Wildman–Crippen MR) is 120 cm³/mol. The third-order valence-electron chi connectivity index (χ3n) is 7.45. The molecule has 4 heterocycles. The van der Waals surface area contributed by atoms with E-state index in [2.05, 4.69) is 20.9 Å². The molecule has 4 amide bonds. The maximum absolute atomic E-state index is 13.0. The van der Waals surface area contributed by atoms with Crippen molar-refractivity contribution in [1.29, 1.82) is 0 Å². The Kier molecular flexibility index (Phi) is 6.27. The number of likely N-dealkylation sites (tertiary alicyclic amines) is 1. The van der Waals surface area contributed by atoms with E-state index in [1.54, 1.807) is 12.1 Å². The molecule has 0 saturated carbocycles. The van der Waals surface area contributed by atoms with Crippen LogP contribution in [-0.4, -0.2) is 77.7 Å². The predicted octanol–water partition coefficient (Wildman–Crippen LogP) is 0.394. The molecule has 9 nitrogen and oxygen atoms in total. The second-order valence-corrected chi connectivity index (χ2v) is 9.50. The Labute approximate surface area is 193 Å². The number of nitrogens with one attached hydrogen (secondary N) is 3. The monoisotopic (exact) mass is 453 g/mol. The lowest BCUT2D eigenvalue weighted by molar-refractivity contribution is -0.136. The number of benzene rings is 1. The van der Waals surface area contributed by atoms with Crippen LogP contribution in [0.3, 0.4) is 0 Å². The highest BCUT2D eigenvalue weighted by atomic mass is 16.2. The smallest absolute Gasteiger partial charge is 0.262 e. The molecule has 1 unspecified atom stereocenters. The minimum absolute atomic E-state index is 0.120. The summed E-state index contributed by atoms with van der Waals surface area (Å²) in [6.45, 7) is 5.08. The lowest BCUT2D eigenvalue weighted by Gasteiger charge is -2.39. The first-order valence-corrected chi connectivity index (χ1v) is 12.0. The van der Waals surface area contributed by atoms with Crippen molar-refractivity contribution in [3.05, 3.63) is 34.9 Å². The summed E-state index contributed by atoms with van der Waals surface area (Å²) in [5.74, 6) is -1.88. The van der Waals surface area contributed by atoms with Crippen molar-refractivity contribution >= 4 is 23.6 Å². The summed E-state index contributed by atoms with van der Waals surface area (Å²) >= 11 is 0. The number of hydrogen-bond donors (Lipinski definition) is 3. The van der Waals surface area contributed by atoms with Gasteiger partial charge in [-0.2, -0.15) is 0 Å². The SMILES string of the molecule is O=C1CCC(N2C(=O)c3ccc(CNC4CCN(C5CCNCC5)CC4)cc3C2=O)C(=O)N1. The van der Waals surface area contributed by atoms with Gasteiger partial charge in [0.1, 0.15) is 6.04 Å². The molecule has 3 saturated heterocycles. The van der Waals surface area contributed by atoms with Gasteiger partial charge in [-0.15, -0.1) is 0 Å². The molecule has 3 N–H and O–H groups in total. The first-order chi connectivity index (χ1) is 16.0. The summed E-state index contributed by atoms with van der Waals surface area (Å²) in [4.78, 5) is 53.1. The van der Waals surface area contributed by atoms with Crippen molar-refractivity contribution in [2.45, 2.75) is 63.2 Å². The van der Waals surface area contributed by atoms with E-state index in [9.17, 15) is 19.2 Å². The molecule has 0 spiro atoms. The van der Waals surface area contributed by atoms with Gasteiger partial charge in [0.25, 0.3) is 11.8 Å². The third kappa shape index (κ3) is 4.45. The fourth-order valence-corrected chi connectivity index (χ4v) is 5.53. The van der Waals surface area contributed by atoms with Crippen molar-refractivity contribution in [3.8, 4) is 0 Å². The van der Waals surface area contributed by atoms with Gasteiger partial charge in [0.2, 0.25) is 11.8 Å². The molecule has 5 rings (SSSR count). The van der Waals surface area contributed by atoms with Crippen molar-refractivity contribution < 1.29 is 19.2 Å². The van der Waals surface area contributed by atoms with Crippen molar-refractivity contribution in [1.82, 2.24) is 25.8 Å². The third-order valence-corrected chi connectivity index (χ3v) is 7.45. The van der Waals surface area contributed by atoms with E-state index >= 15 is 0 Å². The minimum atomic E-state index is -0.929. The number of carbonyl (C=O) groups is 4. The summed E-state index contributed by atoms with van der Waals surface area (Å²) in [6.07, 6.45) is 4.97. The Morgan fingerprint density at radius 3 is 2.36 bits per heavy atom. The van der Waals surface area contributed by atoms with Gasteiger partial charge in [-0.05, 0) is 76.0 Å². The summed E-state index contributed by atoms with van der Waals surface area (Å²) in [5.41, 5.74) is 1.61. The molecule has 0 bridgehead atoms. The van der Waals surface area contributed by atoms with Crippen LogP contribution >= 0.6 is 0 Å². The summed E-state index contributed by atoms with van der Waals surface area (Å²) in [7, 11) is 0. The first-order valence-electron chi connectivity index (χ1n) is 12.0. The molecule has 33 heavy (non-hydrogen) atoms. The molecular weight excluding hydrogens is 422 g/mol. The van der Waals surface area contributed by atoms with E-state index in [-0.39, 0.29) is 18.7 Å². The number of nitrogens with zero attached hydrogens (tertiary/aromatic N) is 2. The summed E-state index contributed by atoms with van der Waals surface area (Å²) in [5, 5.41) is 9.27. The van der Waals surface area contributed by atoms with E-state index in [1.165, 1.54) is 12.8 Å². The van der Waals surface area contributed by atoms with Gasteiger partial charge in [-0.1, -0.05) is 6.07 Å². The Hall–Kier alpha value is -2.62. The largest absolute Gasteiger partial charge is 0.317 e. The van der Waals surface area contributed by atoms with Gasteiger partial charge in [-0.3, -0.25) is 29.4 Å². The summed E-state index contributed by atoms with van der Waals surface area (Å²) in [6, 6.07) is 5.53. The molecule has 176 valence electrons. The highest BCUT2D eigenvalue weighted by Gasteiger charge is 2.44. The quantitative estimate of drug-likeness (QED) is 0.553. The minimum Gasteiger partial charge on any atom is -0.317 e. The van der Waals surface area contributed by atoms with Crippen LogP contribution in [0, 0.1) is 0 Å². The molecule has 1 aromatic rings. The lowest BCUT2D eigenvalue weighted by atomic mass is 9.98. The first kappa shape index (κ1) is 22.2. The van der Waals surface area contributed by atoms with E-state index in [1.807, 2.05) is 6.07 Å². The molecule has 4 aliphatic rings. The second kappa shape index (κ2) is 9.32. The molecule has 3 fully saturated rings. The number of hydrogen-bond acceptors (Lipinski definition) is 7. The normalized spacial score (nSPS) is 25.5. The van der Waals surface area contributed by atoms with Crippen LogP contribution in [-0.2, 0) is 16.1 Å². The average molecular weight is 454 g/mol. The van der Waals surface area contributed by atoms with Crippen LogP contribution in [0.2, 0.25) is 0 Å². The Balaban J connectivity index is 1.18. The van der Waals surface area contributed by atoms with Crippen molar-refractivity contribution in [2.24, 2.45) is 0 Å². The van der Waals surface area contributed by atoms with Crippen LogP contribution in [0.1, 0.15) is 64.8 Å². The number of rotatable bonds is 5. The highest BCUT2D eigenvalue weighted by molar-refractivity contribution is 6.23. The Morgan fingerprint density at radius 1 is 0.909 bits per heavy atom. The Morgan fingerprint density at radius 2 is 1.64 bits per heavy atom.